The van der Waals surface area contributed by atoms with E-state index in [2.05, 4.69) is 0 Å². The van der Waals surface area contributed by atoms with E-state index in [1.807, 2.05) is 39.0 Å². The molecular weight excluding hydrogens is 342 g/mol. The van der Waals surface area contributed by atoms with Gasteiger partial charge in [0.1, 0.15) is 5.60 Å². The molecule has 1 aromatic rings. The van der Waals surface area contributed by atoms with Crippen molar-refractivity contribution < 1.29 is 19.1 Å². The summed E-state index contributed by atoms with van der Waals surface area (Å²) in [5.41, 5.74) is 1.49. The topological polar surface area (TPSA) is 55.8 Å². The largest absolute Gasteiger partial charge is 0.463 e. The highest BCUT2D eigenvalue weighted by Crippen LogP contribution is 2.28. The lowest BCUT2D eigenvalue weighted by Crippen LogP contribution is -2.45. The normalized spacial score (nSPS) is 17.3. The summed E-state index contributed by atoms with van der Waals surface area (Å²) < 4.78 is 10.4. The lowest BCUT2D eigenvalue weighted by Gasteiger charge is -2.36. The molecule has 0 saturated carbocycles. The maximum Gasteiger partial charge on any atom is 0.411 e. The Kier molecular flexibility index (Phi) is 6.11. The van der Waals surface area contributed by atoms with Gasteiger partial charge in [0.15, 0.2) is 0 Å². The van der Waals surface area contributed by atoms with Gasteiger partial charge >= 0.3 is 12.1 Å². The summed E-state index contributed by atoms with van der Waals surface area (Å²) in [5.74, 6) is -0.427. The van der Waals surface area contributed by atoms with Crippen molar-refractivity contribution in [3.8, 4) is 0 Å². The van der Waals surface area contributed by atoms with Crippen molar-refractivity contribution >= 4 is 23.7 Å². The van der Waals surface area contributed by atoms with Crippen LogP contribution in [0, 0.1) is 0 Å². The monoisotopic (exact) mass is 365 g/mol. The molecule has 1 aliphatic rings. The number of nitrogens with zero attached hydrogens (tertiary/aromatic N) is 1. The number of carbonyl (C=O) groups excluding carboxylic acids is 2. The zero-order valence-electron chi connectivity index (χ0n) is 15.0. The second-order valence-corrected chi connectivity index (χ2v) is 7.34. The van der Waals surface area contributed by atoms with E-state index in [9.17, 15) is 9.59 Å². The fourth-order valence-corrected chi connectivity index (χ4v) is 2.84. The predicted molar refractivity (Wildman–Crippen MR) is 96.5 cm³/mol. The Labute approximate surface area is 153 Å². The summed E-state index contributed by atoms with van der Waals surface area (Å²) >= 11 is 6.08. The molecule has 2 rings (SSSR count). The number of hydrogen-bond acceptors (Lipinski definition) is 4. The average molecular weight is 366 g/mol. The molecule has 25 heavy (non-hydrogen) atoms. The molecule has 1 heterocycles. The minimum absolute atomic E-state index is 0.301. The molecule has 6 heteroatoms. The summed E-state index contributed by atoms with van der Waals surface area (Å²) in [7, 11) is 0. The Hall–Kier alpha value is -2.01. The number of benzene rings is 1. The summed E-state index contributed by atoms with van der Waals surface area (Å²) in [4.78, 5) is 25.8. The van der Waals surface area contributed by atoms with Crippen LogP contribution in [0.1, 0.15) is 38.8 Å². The highest BCUT2D eigenvalue weighted by molar-refractivity contribution is 6.30. The van der Waals surface area contributed by atoms with E-state index in [1.54, 1.807) is 17.9 Å². The predicted octanol–water partition coefficient (Wildman–Crippen LogP) is 4.12. The molecule has 0 saturated heterocycles. The molecule has 1 atom stereocenters. The van der Waals surface area contributed by atoms with E-state index < -0.39 is 17.7 Å². The van der Waals surface area contributed by atoms with E-state index in [-0.39, 0.29) is 6.04 Å². The molecule has 1 aromatic carbocycles. The van der Waals surface area contributed by atoms with Gasteiger partial charge in [0, 0.05) is 17.6 Å². The smallest absolute Gasteiger partial charge is 0.411 e. The Bertz CT molecular complexity index is 678. The molecule has 1 amide bonds. The van der Waals surface area contributed by atoms with Crippen LogP contribution in [0.25, 0.3) is 0 Å². The highest BCUT2D eigenvalue weighted by Gasteiger charge is 2.31. The third-order valence-electron chi connectivity index (χ3n) is 3.71. The van der Waals surface area contributed by atoms with Gasteiger partial charge in [0.2, 0.25) is 0 Å². The van der Waals surface area contributed by atoms with Gasteiger partial charge in [0.25, 0.3) is 0 Å². The molecule has 0 N–H and O–H groups in total. The van der Waals surface area contributed by atoms with Crippen molar-refractivity contribution in [3.05, 3.63) is 46.5 Å². The third kappa shape index (κ3) is 5.49. The summed E-state index contributed by atoms with van der Waals surface area (Å²) in [5, 5.41) is 0.651. The summed E-state index contributed by atoms with van der Waals surface area (Å²) in [6.45, 7) is 7.93. The van der Waals surface area contributed by atoms with Crippen molar-refractivity contribution in [2.75, 3.05) is 6.61 Å². The first kappa shape index (κ1) is 19.3. The Morgan fingerprint density at radius 1 is 1.32 bits per heavy atom. The lowest BCUT2D eigenvalue weighted by molar-refractivity contribution is -0.137. The van der Waals surface area contributed by atoms with Gasteiger partial charge in [-0.1, -0.05) is 23.7 Å². The van der Waals surface area contributed by atoms with Crippen molar-refractivity contribution in [2.45, 2.75) is 52.3 Å². The SMILES string of the molecule is CCOC(=O)/C=C/C1Cc2cc(Cl)ccc2CN1C(=O)OC(C)(C)C. The Morgan fingerprint density at radius 3 is 2.68 bits per heavy atom. The maximum absolute atomic E-state index is 12.6. The van der Waals surface area contributed by atoms with Gasteiger partial charge in [0.05, 0.1) is 12.6 Å². The molecule has 0 fully saturated rings. The van der Waals surface area contributed by atoms with Crippen molar-refractivity contribution in [3.63, 3.8) is 0 Å². The Balaban J connectivity index is 2.27. The number of esters is 1. The van der Waals surface area contributed by atoms with Crippen molar-refractivity contribution in [1.29, 1.82) is 0 Å². The van der Waals surface area contributed by atoms with Crippen molar-refractivity contribution in [1.82, 2.24) is 4.90 Å². The van der Waals surface area contributed by atoms with E-state index in [0.717, 1.165) is 11.1 Å². The molecule has 1 unspecified atom stereocenters. The first-order valence-corrected chi connectivity index (χ1v) is 8.69. The molecule has 0 aliphatic carbocycles. The standard InChI is InChI=1S/C19H24ClNO4/c1-5-24-17(22)9-8-16-11-14-10-15(20)7-6-13(14)12-21(16)18(23)25-19(2,3)4/h6-10,16H,5,11-12H2,1-4H3/b9-8+. The number of hydrogen-bond donors (Lipinski definition) is 0. The van der Waals surface area contributed by atoms with Gasteiger partial charge in [-0.2, -0.15) is 0 Å². The number of carbonyl (C=O) groups is 2. The van der Waals surface area contributed by atoms with Crippen LogP contribution in [0.3, 0.4) is 0 Å². The van der Waals surface area contributed by atoms with Gasteiger partial charge in [-0.15, -0.1) is 0 Å². The average Bonchev–Trinajstić information content (AvgIpc) is 2.50. The Morgan fingerprint density at radius 2 is 2.04 bits per heavy atom. The fourth-order valence-electron chi connectivity index (χ4n) is 2.65. The van der Waals surface area contributed by atoms with Crippen LogP contribution in [0.5, 0.6) is 0 Å². The number of fused-ring (bicyclic) bond motifs is 1. The van der Waals surface area contributed by atoms with Gasteiger partial charge in [-0.25, -0.2) is 9.59 Å². The van der Waals surface area contributed by atoms with Gasteiger partial charge < -0.3 is 9.47 Å². The van der Waals surface area contributed by atoms with Crippen molar-refractivity contribution in [2.24, 2.45) is 0 Å². The maximum atomic E-state index is 12.6. The molecule has 0 spiro atoms. The molecule has 0 bridgehead atoms. The summed E-state index contributed by atoms with van der Waals surface area (Å²) in [6.07, 6.45) is 3.20. The van der Waals surface area contributed by atoms with Gasteiger partial charge in [-0.05, 0) is 57.4 Å². The first-order valence-electron chi connectivity index (χ1n) is 8.31. The molecule has 0 aromatic heterocycles. The van der Waals surface area contributed by atoms with Crippen LogP contribution < -0.4 is 0 Å². The first-order chi connectivity index (χ1) is 11.7. The highest BCUT2D eigenvalue weighted by atomic mass is 35.5. The van der Waals surface area contributed by atoms with Crippen LogP contribution in [0.15, 0.2) is 30.4 Å². The molecule has 1 aliphatic heterocycles. The molecule has 0 radical (unpaired) electrons. The number of halogens is 1. The van der Waals surface area contributed by atoms with Crippen LogP contribution in [-0.4, -0.2) is 35.2 Å². The van der Waals surface area contributed by atoms with E-state index >= 15 is 0 Å². The van der Waals surface area contributed by atoms with Crippen LogP contribution in [-0.2, 0) is 27.2 Å². The molecule has 136 valence electrons. The van der Waals surface area contributed by atoms with Gasteiger partial charge in [-0.3, -0.25) is 4.90 Å². The fraction of sp³-hybridized carbons (Fsp3) is 0.474. The van der Waals surface area contributed by atoms with E-state index in [4.69, 9.17) is 21.1 Å². The summed E-state index contributed by atoms with van der Waals surface area (Å²) in [6, 6.07) is 5.32. The number of amides is 1. The minimum atomic E-state index is -0.591. The third-order valence-corrected chi connectivity index (χ3v) is 3.94. The number of ether oxygens (including phenoxy) is 2. The van der Waals surface area contributed by atoms with Crippen LogP contribution in [0.2, 0.25) is 5.02 Å². The second-order valence-electron chi connectivity index (χ2n) is 6.90. The van der Waals surface area contributed by atoms with Crippen LogP contribution in [0.4, 0.5) is 4.79 Å². The number of rotatable bonds is 3. The quantitative estimate of drug-likeness (QED) is 0.597. The second kappa shape index (κ2) is 7.91. The molecular formula is C19H24ClNO4. The van der Waals surface area contributed by atoms with E-state index in [0.29, 0.717) is 24.6 Å². The van der Waals surface area contributed by atoms with Crippen LogP contribution >= 0.6 is 11.6 Å². The minimum Gasteiger partial charge on any atom is -0.463 e. The zero-order valence-corrected chi connectivity index (χ0v) is 15.8. The molecule has 5 nitrogen and oxygen atoms in total. The van der Waals surface area contributed by atoms with E-state index in [1.165, 1.54) is 6.08 Å². The zero-order chi connectivity index (χ0) is 18.6. The lowest BCUT2D eigenvalue weighted by atomic mass is 9.94.